The molecular formula is C16H16FN3O3. The van der Waals surface area contributed by atoms with Crippen LogP contribution in [0.2, 0.25) is 0 Å². The van der Waals surface area contributed by atoms with Gasteiger partial charge in [-0.1, -0.05) is 12.1 Å². The van der Waals surface area contributed by atoms with Crippen LogP contribution in [0.15, 0.2) is 30.6 Å². The first-order valence-corrected chi connectivity index (χ1v) is 7.21. The fourth-order valence-electron chi connectivity index (χ4n) is 2.90. The second kappa shape index (κ2) is 5.83. The molecule has 0 aliphatic carbocycles. The summed E-state index contributed by atoms with van der Waals surface area (Å²) in [5.41, 5.74) is 1.75. The molecule has 1 unspecified atom stereocenters. The molecule has 0 bridgehead atoms. The number of aromatic nitrogens is 2. The molecule has 0 radical (unpaired) electrons. The fraction of sp³-hybridized carbons (Fsp3) is 0.312. The molecule has 1 N–H and O–H groups in total. The summed E-state index contributed by atoms with van der Waals surface area (Å²) in [5.74, 6) is -1.85. The van der Waals surface area contributed by atoms with E-state index in [2.05, 4.69) is 5.10 Å². The Morgan fingerprint density at radius 2 is 2.22 bits per heavy atom. The highest BCUT2D eigenvalue weighted by Crippen LogP contribution is 2.26. The number of benzene rings is 1. The Morgan fingerprint density at radius 3 is 2.87 bits per heavy atom. The van der Waals surface area contributed by atoms with Gasteiger partial charge in [0.2, 0.25) is 5.91 Å². The average Bonchev–Trinajstić information content (AvgIpc) is 2.91. The maximum atomic E-state index is 13.9. The van der Waals surface area contributed by atoms with Crippen LogP contribution in [0.3, 0.4) is 0 Å². The van der Waals surface area contributed by atoms with Gasteiger partial charge < -0.3 is 10.0 Å². The third kappa shape index (κ3) is 2.94. The van der Waals surface area contributed by atoms with Gasteiger partial charge >= 0.3 is 5.97 Å². The van der Waals surface area contributed by atoms with Crippen LogP contribution in [0.5, 0.6) is 0 Å². The van der Waals surface area contributed by atoms with Gasteiger partial charge in [0.25, 0.3) is 0 Å². The minimum atomic E-state index is -1.13. The molecule has 7 heteroatoms. The van der Waals surface area contributed by atoms with Crippen molar-refractivity contribution >= 4 is 11.9 Å². The van der Waals surface area contributed by atoms with E-state index in [0.717, 1.165) is 0 Å². The zero-order chi connectivity index (χ0) is 16.6. The second-order valence-corrected chi connectivity index (χ2v) is 5.66. The Hall–Kier alpha value is -2.70. The molecule has 1 aromatic heterocycles. The van der Waals surface area contributed by atoms with E-state index in [1.165, 1.54) is 11.0 Å². The molecule has 6 nitrogen and oxygen atoms in total. The molecule has 2 heterocycles. The first-order valence-electron chi connectivity index (χ1n) is 7.21. The summed E-state index contributed by atoms with van der Waals surface area (Å²) in [6.07, 6.45) is 3.34. The summed E-state index contributed by atoms with van der Waals surface area (Å²) < 4.78 is 15.5. The largest absolute Gasteiger partial charge is 0.480 e. The molecule has 23 heavy (non-hydrogen) atoms. The second-order valence-electron chi connectivity index (χ2n) is 5.66. The molecule has 2 aromatic rings. The Morgan fingerprint density at radius 1 is 1.43 bits per heavy atom. The predicted molar refractivity (Wildman–Crippen MR) is 79.0 cm³/mol. The topological polar surface area (TPSA) is 75.4 Å². The standard InChI is InChI=1S/C16H16FN3O3/c1-19-8-10(7-18-19)5-15(21)20-9-11-3-2-4-13(17)12(11)6-14(20)16(22)23/h2-4,7-8,14H,5-6,9H2,1H3,(H,22,23). The van der Waals surface area contributed by atoms with Gasteiger partial charge in [0, 0.05) is 26.2 Å². The summed E-state index contributed by atoms with van der Waals surface area (Å²) in [6, 6.07) is 3.55. The number of fused-ring (bicyclic) bond motifs is 1. The average molecular weight is 317 g/mol. The first-order chi connectivity index (χ1) is 11.0. The lowest BCUT2D eigenvalue weighted by atomic mass is 9.93. The third-order valence-corrected chi connectivity index (χ3v) is 4.05. The van der Waals surface area contributed by atoms with Gasteiger partial charge in [-0.3, -0.25) is 9.48 Å². The Balaban J connectivity index is 1.87. The summed E-state index contributed by atoms with van der Waals surface area (Å²) in [6.45, 7) is 0.100. The predicted octanol–water partition coefficient (Wildman–Crippen LogP) is 1.14. The maximum absolute atomic E-state index is 13.9. The lowest BCUT2D eigenvalue weighted by molar-refractivity contribution is -0.151. The Bertz CT molecular complexity index is 772. The zero-order valence-corrected chi connectivity index (χ0v) is 12.6. The van der Waals surface area contributed by atoms with E-state index in [0.29, 0.717) is 16.7 Å². The molecule has 0 spiro atoms. The number of rotatable bonds is 3. The monoisotopic (exact) mass is 317 g/mol. The van der Waals surface area contributed by atoms with E-state index in [1.54, 1.807) is 36.3 Å². The van der Waals surface area contributed by atoms with Crippen molar-refractivity contribution in [2.24, 2.45) is 7.05 Å². The van der Waals surface area contributed by atoms with Gasteiger partial charge in [0.05, 0.1) is 12.6 Å². The quantitative estimate of drug-likeness (QED) is 0.921. The van der Waals surface area contributed by atoms with Gasteiger partial charge in [-0.05, 0) is 22.8 Å². The van der Waals surface area contributed by atoms with E-state index in [-0.39, 0.29) is 25.3 Å². The molecule has 1 aliphatic rings. The number of carbonyl (C=O) groups is 2. The van der Waals surface area contributed by atoms with Crippen LogP contribution in [0.4, 0.5) is 4.39 Å². The van der Waals surface area contributed by atoms with Crippen molar-refractivity contribution in [1.82, 2.24) is 14.7 Å². The number of hydrogen-bond donors (Lipinski definition) is 1. The van der Waals surface area contributed by atoms with Crippen molar-refractivity contribution in [2.45, 2.75) is 25.4 Å². The highest BCUT2D eigenvalue weighted by molar-refractivity contribution is 5.85. The van der Waals surface area contributed by atoms with Crippen LogP contribution in [-0.4, -0.2) is 37.7 Å². The van der Waals surface area contributed by atoms with Crippen LogP contribution in [-0.2, 0) is 36.0 Å². The van der Waals surface area contributed by atoms with Crippen LogP contribution in [0, 0.1) is 5.82 Å². The van der Waals surface area contributed by atoms with Crippen molar-refractivity contribution in [3.63, 3.8) is 0 Å². The number of nitrogens with zero attached hydrogens (tertiary/aromatic N) is 3. The van der Waals surface area contributed by atoms with Crippen LogP contribution >= 0.6 is 0 Å². The number of aliphatic carboxylic acids is 1. The van der Waals surface area contributed by atoms with Crippen molar-refractivity contribution in [1.29, 1.82) is 0 Å². The molecule has 120 valence electrons. The third-order valence-electron chi connectivity index (χ3n) is 4.05. The molecule has 0 saturated heterocycles. The van der Waals surface area contributed by atoms with Gasteiger partial charge in [-0.15, -0.1) is 0 Å². The van der Waals surface area contributed by atoms with E-state index in [4.69, 9.17) is 0 Å². The molecule has 1 aromatic carbocycles. The number of halogens is 1. The van der Waals surface area contributed by atoms with E-state index in [1.807, 2.05) is 0 Å². The SMILES string of the molecule is Cn1cc(CC(=O)N2Cc3cccc(F)c3CC2C(=O)O)cn1. The minimum absolute atomic E-state index is 0.0177. The molecule has 1 aliphatic heterocycles. The smallest absolute Gasteiger partial charge is 0.326 e. The lowest BCUT2D eigenvalue weighted by Crippen LogP contribution is -2.49. The van der Waals surface area contributed by atoms with Gasteiger partial charge in [-0.25, -0.2) is 9.18 Å². The van der Waals surface area contributed by atoms with Gasteiger partial charge in [0.1, 0.15) is 11.9 Å². The summed E-state index contributed by atoms with van der Waals surface area (Å²) >= 11 is 0. The molecule has 0 fully saturated rings. The normalized spacial score (nSPS) is 17.0. The molecule has 0 saturated carbocycles. The van der Waals surface area contributed by atoms with Crippen LogP contribution in [0.25, 0.3) is 0 Å². The van der Waals surface area contributed by atoms with Crippen LogP contribution < -0.4 is 0 Å². The summed E-state index contributed by atoms with van der Waals surface area (Å²) in [5, 5.41) is 13.4. The minimum Gasteiger partial charge on any atom is -0.480 e. The summed E-state index contributed by atoms with van der Waals surface area (Å²) in [7, 11) is 1.74. The number of aryl methyl sites for hydroxylation is 1. The Kier molecular flexibility index (Phi) is 3.85. The number of carboxylic acids is 1. The van der Waals surface area contributed by atoms with E-state index < -0.39 is 17.8 Å². The van der Waals surface area contributed by atoms with E-state index >= 15 is 0 Å². The Labute approximate surface area is 132 Å². The molecule has 3 rings (SSSR count). The van der Waals surface area contributed by atoms with Crippen molar-refractivity contribution in [3.05, 3.63) is 53.1 Å². The highest BCUT2D eigenvalue weighted by Gasteiger charge is 2.35. The van der Waals surface area contributed by atoms with Crippen molar-refractivity contribution in [3.8, 4) is 0 Å². The fourth-order valence-corrected chi connectivity index (χ4v) is 2.90. The van der Waals surface area contributed by atoms with Crippen molar-refractivity contribution in [2.75, 3.05) is 0 Å². The maximum Gasteiger partial charge on any atom is 0.326 e. The van der Waals surface area contributed by atoms with Gasteiger partial charge in [0.15, 0.2) is 0 Å². The highest BCUT2D eigenvalue weighted by atomic mass is 19.1. The summed E-state index contributed by atoms with van der Waals surface area (Å²) in [4.78, 5) is 25.3. The van der Waals surface area contributed by atoms with Crippen molar-refractivity contribution < 1.29 is 19.1 Å². The molecule has 1 amide bonds. The molecule has 1 atom stereocenters. The number of carboxylic acid groups (broad SMARTS) is 1. The van der Waals surface area contributed by atoms with Crippen LogP contribution in [0.1, 0.15) is 16.7 Å². The lowest BCUT2D eigenvalue weighted by Gasteiger charge is -2.34. The molecular weight excluding hydrogens is 301 g/mol. The number of hydrogen-bond acceptors (Lipinski definition) is 3. The first kappa shape index (κ1) is 15.2. The number of amides is 1. The zero-order valence-electron chi connectivity index (χ0n) is 12.6. The van der Waals surface area contributed by atoms with E-state index in [9.17, 15) is 19.1 Å². The number of carbonyl (C=O) groups excluding carboxylic acids is 1. The van der Waals surface area contributed by atoms with Gasteiger partial charge in [-0.2, -0.15) is 5.10 Å².